The van der Waals surface area contributed by atoms with E-state index < -0.39 is 21.5 Å². The number of likely N-dealkylation sites (N-methyl/N-ethyl adjacent to an activating group) is 1. The number of hydrogen-bond acceptors (Lipinski definition) is 6. The third kappa shape index (κ3) is 2.12. The van der Waals surface area contributed by atoms with Crippen LogP contribution in [-0.2, 0) is 10.1 Å². The number of aliphatic hydroxyl groups is 3. The first-order chi connectivity index (χ1) is 5.10. The second-order valence-corrected chi connectivity index (χ2v) is 4.02. The van der Waals surface area contributed by atoms with E-state index in [2.05, 4.69) is 0 Å². The van der Waals surface area contributed by atoms with E-state index in [0.29, 0.717) is 0 Å². The summed E-state index contributed by atoms with van der Waals surface area (Å²) in [6.45, 7) is 0. The Bertz CT molecular complexity index is 244. The van der Waals surface area contributed by atoms with Crippen molar-refractivity contribution >= 4 is 10.1 Å². The minimum Gasteiger partial charge on any atom is -0.372 e. The molecule has 1 atom stereocenters. The lowest BCUT2D eigenvalue weighted by Crippen LogP contribution is -2.55. The molecular weight excluding hydrogens is 190 g/mol. The highest BCUT2D eigenvalue weighted by Crippen LogP contribution is 2.14. The van der Waals surface area contributed by atoms with Crippen LogP contribution in [0.15, 0.2) is 0 Å². The van der Waals surface area contributed by atoms with E-state index in [9.17, 15) is 8.42 Å². The van der Waals surface area contributed by atoms with Gasteiger partial charge in [-0.25, -0.2) is 0 Å². The Morgan fingerprint density at radius 2 is 1.67 bits per heavy atom. The van der Waals surface area contributed by atoms with Crippen molar-refractivity contribution in [3.05, 3.63) is 0 Å². The summed E-state index contributed by atoms with van der Waals surface area (Å²) in [4.78, 5) is 0.813. The van der Waals surface area contributed by atoms with Gasteiger partial charge in [-0.05, 0) is 14.1 Å². The van der Waals surface area contributed by atoms with E-state index in [1.165, 1.54) is 14.1 Å². The summed E-state index contributed by atoms with van der Waals surface area (Å²) < 4.78 is 28.8. The Kier molecular flexibility index (Phi) is 3.18. The van der Waals surface area contributed by atoms with Crippen LogP contribution < -0.4 is 0 Å². The zero-order valence-electron chi connectivity index (χ0n) is 6.54. The van der Waals surface area contributed by atoms with Crippen molar-refractivity contribution in [3.63, 3.8) is 0 Å². The Labute approximate surface area is 69.6 Å². The Hall–Kier alpha value is -0.250. The van der Waals surface area contributed by atoms with E-state index in [0.717, 1.165) is 4.90 Å². The SMILES string of the molecule is CN(C)C(O)C(O)(O)S(=O)(=O)O. The van der Waals surface area contributed by atoms with Gasteiger partial charge in [-0.1, -0.05) is 0 Å². The third-order valence-corrected chi connectivity index (χ3v) is 2.18. The second-order valence-electron chi connectivity index (χ2n) is 2.47. The van der Waals surface area contributed by atoms with Gasteiger partial charge in [-0.2, -0.15) is 8.42 Å². The zero-order valence-corrected chi connectivity index (χ0v) is 7.35. The molecule has 12 heavy (non-hydrogen) atoms. The summed E-state index contributed by atoms with van der Waals surface area (Å²) in [5.74, 6) is 0. The molecule has 0 saturated heterocycles. The first kappa shape index (κ1) is 11.8. The summed E-state index contributed by atoms with van der Waals surface area (Å²) in [6, 6.07) is 0. The molecule has 0 rings (SSSR count). The molecule has 0 spiro atoms. The molecule has 0 aromatic heterocycles. The number of hydrogen-bond donors (Lipinski definition) is 4. The van der Waals surface area contributed by atoms with Gasteiger partial charge in [-0.15, -0.1) is 0 Å². The van der Waals surface area contributed by atoms with Gasteiger partial charge in [0.2, 0.25) is 0 Å². The van der Waals surface area contributed by atoms with Gasteiger partial charge in [0.1, 0.15) is 0 Å². The maximum absolute atomic E-state index is 10.3. The van der Waals surface area contributed by atoms with Gasteiger partial charge in [-0.3, -0.25) is 9.45 Å². The van der Waals surface area contributed by atoms with Crippen molar-refractivity contribution in [2.24, 2.45) is 0 Å². The summed E-state index contributed by atoms with van der Waals surface area (Å²) in [5.41, 5.74) is 0. The number of rotatable bonds is 3. The summed E-state index contributed by atoms with van der Waals surface area (Å²) in [7, 11) is -2.72. The van der Waals surface area contributed by atoms with Gasteiger partial charge >= 0.3 is 15.2 Å². The molecule has 1 unspecified atom stereocenters. The smallest absolute Gasteiger partial charge is 0.335 e. The second kappa shape index (κ2) is 3.24. The normalized spacial score (nSPS) is 16.6. The average molecular weight is 201 g/mol. The van der Waals surface area contributed by atoms with Crippen LogP contribution in [0.25, 0.3) is 0 Å². The van der Waals surface area contributed by atoms with Crippen molar-refractivity contribution in [2.45, 2.75) is 11.3 Å². The predicted octanol–water partition coefficient (Wildman–Crippen LogP) is -2.61. The van der Waals surface area contributed by atoms with Gasteiger partial charge in [0.15, 0.2) is 6.23 Å². The van der Waals surface area contributed by atoms with Gasteiger partial charge in [0.05, 0.1) is 0 Å². The third-order valence-electron chi connectivity index (χ3n) is 1.21. The first-order valence-corrected chi connectivity index (χ1v) is 4.31. The molecule has 7 nitrogen and oxygen atoms in total. The number of nitrogens with zero attached hydrogens (tertiary/aromatic N) is 1. The van der Waals surface area contributed by atoms with Gasteiger partial charge in [0, 0.05) is 0 Å². The van der Waals surface area contributed by atoms with Crippen LogP contribution in [0.1, 0.15) is 0 Å². The molecule has 0 amide bonds. The van der Waals surface area contributed by atoms with E-state index in [-0.39, 0.29) is 0 Å². The molecule has 0 fully saturated rings. The molecule has 0 aliphatic rings. The molecule has 0 aromatic rings. The highest BCUT2D eigenvalue weighted by Gasteiger charge is 2.47. The molecule has 8 heteroatoms. The Balaban J connectivity index is 4.87. The van der Waals surface area contributed by atoms with Gasteiger partial charge < -0.3 is 15.3 Å². The molecule has 0 aliphatic heterocycles. The fraction of sp³-hybridized carbons (Fsp3) is 1.00. The first-order valence-electron chi connectivity index (χ1n) is 2.87. The Morgan fingerprint density at radius 3 is 1.75 bits per heavy atom. The van der Waals surface area contributed by atoms with Crippen molar-refractivity contribution in [3.8, 4) is 0 Å². The number of aliphatic hydroxyl groups excluding tert-OH is 1. The van der Waals surface area contributed by atoms with Crippen molar-refractivity contribution < 1.29 is 28.3 Å². The van der Waals surface area contributed by atoms with E-state index in [1.54, 1.807) is 0 Å². The molecule has 0 radical (unpaired) electrons. The largest absolute Gasteiger partial charge is 0.372 e. The van der Waals surface area contributed by atoms with E-state index in [1.807, 2.05) is 0 Å². The van der Waals surface area contributed by atoms with Crippen LogP contribution in [0.3, 0.4) is 0 Å². The average Bonchev–Trinajstić information content (AvgIpc) is 1.83. The molecule has 0 aliphatic carbocycles. The van der Waals surface area contributed by atoms with Crippen molar-refractivity contribution in [1.29, 1.82) is 0 Å². The zero-order chi connectivity index (χ0) is 10.2. The molecule has 4 N–H and O–H groups in total. The lowest BCUT2D eigenvalue weighted by molar-refractivity contribution is -0.204. The minimum atomic E-state index is -5.13. The summed E-state index contributed by atoms with van der Waals surface area (Å²) >= 11 is 0. The monoisotopic (exact) mass is 201 g/mol. The lowest BCUT2D eigenvalue weighted by Gasteiger charge is -2.28. The van der Waals surface area contributed by atoms with Crippen LogP contribution in [0.4, 0.5) is 0 Å². The Morgan fingerprint density at radius 1 is 1.33 bits per heavy atom. The summed E-state index contributed by atoms with van der Waals surface area (Å²) in [6.07, 6.45) is -2.12. The standard InChI is InChI=1S/C4H11NO6S/c1-5(2)3(6)4(7,8)12(9,10)11/h3,6-8H,1-2H3,(H,9,10,11). The van der Waals surface area contributed by atoms with Crippen LogP contribution in [0.5, 0.6) is 0 Å². The summed E-state index contributed by atoms with van der Waals surface area (Å²) in [5, 5.41) is 22.7. The molecule has 0 heterocycles. The van der Waals surface area contributed by atoms with Gasteiger partial charge in [0.25, 0.3) is 0 Å². The molecule has 0 aromatic carbocycles. The molecular formula is C4H11NO6S. The fourth-order valence-corrected chi connectivity index (χ4v) is 0.947. The molecule has 74 valence electrons. The van der Waals surface area contributed by atoms with Crippen LogP contribution >= 0.6 is 0 Å². The van der Waals surface area contributed by atoms with Crippen LogP contribution in [0.2, 0.25) is 0 Å². The highest BCUT2D eigenvalue weighted by atomic mass is 32.2. The minimum absolute atomic E-state index is 0.813. The lowest BCUT2D eigenvalue weighted by atomic mass is 10.5. The molecule has 0 bridgehead atoms. The highest BCUT2D eigenvalue weighted by molar-refractivity contribution is 7.86. The topological polar surface area (TPSA) is 118 Å². The molecule has 0 saturated carbocycles. The van der Waals surface area contributed by atoms with E-state index in [4.69, 9.17) is 19.9 Å². The maximum atomic E-state index is 10.3. The van der Waals surface area contributed by atoms with Crippen molar-refractivity contribution in [1.82, 2.24) is 4.90 Å². The predicted molar refractivity (Wildman–Crippen MR) is 38.4 cm³/mol. The fourth-order valence-electron chi connectivity index (χ4n) is 0.470. The van der Waals surface area contributed by atoms with E-state index >= 15 is 0 Å². The van der Waals surface area contributed by atoms with Crippen LogP contribution in [0, 0.1) is 0 Å². The quantitative estimate of drug-likeness (QED) is 0.292. The van der Waals surface area contributed by atoms with Crippen LogP contribution in [-0.4, -0.2) is 58.6 Å². The van der Waals surface area contributed by atoms with Crippen molar-refractivity contribution in [2.75, 3.05) is 14.1 Å². The maximum Gasteiger partial charge on any atom is 0.335 e.